The molecule has 1 aromatic rings. The summed E-state index contributed by atoms with van der Waals surface area (Å²) in [5, 5.41) is 8.74. The van der Waals surface area contributed by atoms with Crippen LogP contribution in [0.4, 0.5) is 4.39 Å². The van der Waals surface area contributed by atoms with Gasteiger partial charge in [-0.1, -0.05) is 6.07 Å². The Morgan fingerprint density at radius 3 is 2.61 bits per heavy atom. The van der Waals surface area contributed by atoms with Gasteiger partial charge in [0.2, 0.25) is 0 Å². The van der Waals surface area contributed by atoms with E-state index in [0.29, 0.717) is 17.8 Å². The van der Waals surface area contributed by atoms with Gasteiger partial charge in [-0.15, -0.1) is 0 Å². The summed E-state index contributed by atoms with van der Waals surface area (Å²) in [4.78, 5) is 18.6. The molecule has 0 radical (unpaired) electrons. The van der Waals surface area contributed by atoms with Crippen molar-refractivity contribution in [2.24, 2.45) is 15.7 Å². The number of carboxylic acids is 1. The molecule has 0 saturated carbocycles. The van der Waals surface area contributed by atoms with Crippen molar-refractivity contribution in [2.45, 2.75) is 6.92 Å². The third-order valence-electron chi connectivity index (χ3n) is 2.27. The van der Waals surface area contributed by atoms with Crippen molar-refractivity contribution < 1.29 is 14.3 Å². The molecular formula is C12H14FN3O2. The molecule has 0 aliphatic heterocycles. The lowest BCUT2D eigenvalue weighted by Crippen LogP contribution is -2.25. The predicted molar refractivity (Wildman–Crippen MR) is 68.0 cm³/mol. The van der Waals surface area contributed by atoms with Crippen molar-refractivity contribution in [3.05, 3.63) is 35.1 Å². The summed E-state index contributed by atoms with van der Waals surface area (Å²) in [6, 6.07) is 3.73. The van der Waals surface area contributed by atoms with Gasteiger partial charge in [0.05, 0.1) is 5.56 Å². The number of nitrogens with zero attached hydrogens (tertiary/aromatic N) is 2. The number of benzene rings is 1. The minimum absolute atomic E-state index is 0.180. The smallest absolute Gasteiger partial charge is 0.338 e. The second kappa shape index (κ2) is 5.90. The maximum atomic E-state index is 13.6. The van der Waals surface area contributed by atoms with Crippen LogP contribution in [0.15, 0.2) is 28.2 Å². The van der Waals surface area contributed by atoms with Gasteiger partial charge in [-0.05, 0) is 19.1 Å². The van der Waals surface area contributed by atoms with Crippen LogP contribution in [-0.2, 0) is 0 Å². The van der Waals surface area contributed by atoms with Crippen molar-refractivity contribution in [3.8, 4) is 0 Å². The third kappa shape index (κ3) is 2.91. The highest BCUT2D eigenvalue weighted by molar-refractivity contribution is 6.47. The molecular weight excluding hydrogens is 237 g/mol. The summed E-state index contributed by atoms with van der Waals surface area (Å²) in [6.07, 6.45) is 0. The molecule has 0 aliphatic carbocycles. The van der Waals surface area contributed by atoms with Gasteiger partial charge in [-0.2, -0.15) is 0 Å². The number of aliphatic imine (C=N–C) groups is 2. The van der Waals surface area contributed by atoms with Crippen LogP contribution in [0.3, 0.4) is 0 Å². The first-order valence-electron chi connectivity index (χ1n) is 5.31. The lowest BCUT2D eigenvalue weighted by atomic mass is 10.1. The molecule has 6 heteroatoms. The number of rotatable bonds is 4. The molecule has 1 aromatic carbocycles. The Kier molecular flexibility index (Phi) is 4.53. The number of hydrogen-bond donors (Lipinski definition) is 2. The Hall–Kier alpha value is -2.24. The highest BCUT2D eigenvalue weighted by atomic mass is 19.1. The first-order valence-corrected chi connectivity index (χ1v) is 5.31. The van der Waals surface area contributed by atoms with Crippen molar-refractivity contribution in [2.75, 3.05) is 13.6 Å². The summed E-state index contributed by atoms with van der Waals surface area (Å²) >= 11 is 0. The molecule has 18 heavy (non-hydrogen) atoms. The van der Waals surface area contributed by atoms with E-state index in [2.05, 4.69) is 9.98 Å². The second-order valence-corrected chi connectivity index (χ2v) is 3.43. The monoisotopic (exact) mass is 251 g/mol. The van der Waals surface area contributed by atoms with E-state index in [4.69, 9.17) is 10.8 Å². The van der Waals surface area contributed by atoms with Crippen LogP contribution in [-0.4, -0.2) is 36.2 Å². The number of nitrogens with two attached hydrogens (primary N) is 1. The molecule has 96 valence electrons. The number of carbonyl (C=O) groups is 1. The third-order valence-corrected chi connectivity index (χ3v) is 2.27. The summed E-state index contributed by atoms with van der Waals surface area (Å²) in [7, 11) is 1.50. The minimum atomic E-state index is -1.31. The van der Waals surface area contributed by atoms with E-state index in [9.17, 15) is 9.18 Å². The van der Waals surface area contributed by atoms with E-state index >= 15 is 0 Å². The largest absolute Gasteiger partial charge is 0.478 e. The SMILES string of the molecule is CCN=C(C(N)=NC)c1ccc(C(=O)O)c(F)c1. The zero-order valence-electron chi connectivity index (χ0n) is 10.1. The Bertz CT molecular complexity index is 524. The predicted octanol–water partition coefficient (Wildman–Crippen LogP) is 1.32. The lowest BCUT2D eigenvalue weighted by Gasteiger charge is -2.07. The first kappa shape index (κ1) is 13.8. The zero-order valence-corrected chi connectivity index (χ0v) is 10.1. The minimum Gasteiger partial charge on any atom is -0.478 e. The Balaban J connectivity index is 3.28. The second-order valence-electron chi connectivity index (χ2n) is 3.43. The molecule has 0 spiro atoms. The fraction of sp³-hybridized carbons (Fsp3) is 0.250. The molecule has 0 amide bonds. The molecule has 0 unspecified atom stereocenters. The van der Waals surface area contributed by atoms with Crippen molar-refractivity contribution in [1.29, 1.82) is 0 Å². The van der Waals surface area contributed by atoms with E-state index in [-0.39, 0.29) is 11.4 Å². The number of hydrogen-bond acceptors (Lipinski definition) is 3. The Labute approximate surface area is 104 Å². The quantitative estimate of drug-likeness (QED) is 0.624. The van der Waals surface area contributed by atoms with Crippen molar-refractivity contribution >= 4 is 17.5 Å². The molecule has 0 aliphatic rings. The highest BCUT2D eigenvalue weighted by Crippen LogP contribution is 2.12. The van der Waals surface area contributed by atoms with Crippen LogP contribution in [0.1, 0.15) is 22.8 Å². The van der Waals surface area contributed by atoms with Gasteiger partial charge in [0.15, 0.2) is 0 Å². The maximum Gasteiger partial charge on any atom is 0.338 e. The molecule has 0 heterocycles. The van der Waals surface area contributed by atoms with Crippen LogP contribution >= 0.6 is 0 Å². The van der Waals surface area contributed by atoms with Gasteiger partial charge >= 0.3 is 5.97 Å². The molecule has 0 aromatic heterocycles. The van der Waals surface area contributed by atoms with Gasteiger partial charge in [0.25, 0.3) is 0 Å². The number of amidine groups is 1. The summed E-state index contributed by atoms with van der Waals surface area (Å²) in [6.45, 7) is 2.28. The van der Waals surface area contributed by atoms with Crippen LogP contribution in [0.2, 0.25) is 0 Å². The molecule has 0 fully saturated rings. The fourth-order valence-corrected chi connectivity index (χ4v) is 1.42. The van der Waals surface area contributed by atoms with Crippen LogP contribution in [0, 0.1) is 5.82 Å². The topological polar surface area (TPSA) is 88.0 Å². The molecule has 0 saturated heterocycles. The van der Waals surface area contributed by atoms with E-state index < -0.39 is 11.8 Å². The lowest BCUT2D eigenvalue weighted by molar-refractivity contribution is 0.0692. The number of carboxylic acid groups (broad SMARTS) is 1. The molecule has 5 nitrogen and oxygen atoms in total. The summed E-state index contributed by atoms with van der Waals surface area (Å²) in [5.74, 6) is -1.96. The molecule has 0 bridgehead atoms. The Morgan fingerprint density at radius 1 is 1.50 bits per heavy atom. The summed E-state index contributed by atoms with van der Waals surface area (Å²) < 4.78 is 13.6. The van der Waals surface area contributed by atoms with E-state index in [1.54, 1.807) is 0 Å². The van der Waals surface area contributed by atoms with Crippen molar-refractivity contribution in [3.63, 3.8) is 0 Å². The van der Waals surface area contributed by atoms with Crippen LogP contribution in [0.25, 0.3) is 0 Å². The molecule has 3 N–H and O–H groups in total. The van der Waals surface area contributed by atoms with E-state index in [1.807, 2.05) is 6.92 Å². The fourth-order valence-electron chi connectivity index (χ4n) is 1.42. The average molecular weight is 251 g/mol. The highest BCUT2D eigenvalue weighted by Gasteiger charge is 2.14. The molecule has 0 atom stereocenters. The molecule has 1 rings (SSSR count). The zero-order chi connectivity index (χ0) is 13.7. The van der Waals surface area contributed by atoms with Gasteiger partial charge in [-0.25, -0.2) is 9.18 Å². The van der Waals surface area contributed by atoms with Gasteiger partial charge in [0, 0.05) is 19.2 Å². The van der Waals surface area contributed by atoms with Crippen LogP contribution in [0.5, 0.6) is 0 Å². The average Bonchev–Trinajstić information content (AvgIpc) is 2.34. The first-order chi connectivity index (χ1) is 8.51. The Morgan fingerprint density at radius 2 is 2.17 bits per heavy atom. The van der Waals surface area contributed by atoms with Gasteiger partial charge < -0.3 is 10.8 Å². The number of halogens is 1. The van der Waals surface area contributed by atoms with E-state index in [1.165, 1.54) is 19.2 Å². The maximum absolute atomic E-state index is 13.6. The van der Waals surface area contributed by atoms with Gasteiger partial charge in [-0.3, -0.25) is 9.98 Å². The van der Waals surface area contributed by atoms with Crippen LogP contribution < -0.4 is 5.73 Å². The summed E-state index contributed by atoms with van der Waals surface area (Å²) in [5.41, 5.74) is 6.04. The van der Waals surface area contributed by atoms with Gasteiger partial charge in [0.1, 0.15) is 17.4 Å². The number of aromatic carboxylic acids is 1. The standard InChI is InChI=1S/C12H14FN3O2/c1-3-16-10(11(14)15-2)7-4-5-8(12(17)18)9(13)6-7/h4-6H,3H2,1-2H3,(H2,14,15)(H,17,18). The van der Waals surface area contributed by atoms with E-state index in [0.717, 1.165) is 6.07 Å². The normalized spacial score (nSPS) is 12.6. The van der Waals surface area contributed by atoms with Crippen molar-refractivity contribution in [1.82, 2.24) is 0 Å².